The van der Waals surface area contributed by atoms with E-state index in [9.17, 15) is 4.79 Å². The van der Waals surface area contributed by atoms with Crippen LogP contribution in [0.4, 0.5) is 0 Å². The molecule has 0 spiro atoms. The molecule has 0 radical (unpaired) electrons. The van der Waals surface area contributed by atoms with E-state index in [1.165, 1.54) is 17.1 Å². The van der Waals surface area contributed by atoms with Crippen molar-refractivity contribution in [1.82, 2.24) is 4.37 Å². The number of rotatable bonds is 2. The van der Waals surface area contributed by atoms with E-state index in [4.69, 9.17) is 0 Å². The number of aryl methyl sites for hydroxylation is 1. The highest BCUT2D eigenvalue weighted by molar-refractivity contribution is 7.13. The summed E-state index contributed by atoms with van der Waals surface area (Å²) in [6, 6.07) is 6.10. The molecule has 2 rings (SSSR count). The third-order valence-electron chi connectivity index (χ3n) is 2.08. The van der Waals surface area contributed by atoms with Crippen LogP contribution in [0, 0.1) is 0 Å². The largest absolute Gasteiger partial charge is 0.277 e. The number of H-pyrrole nitrogens is 1. The van der Waals surface area contributed by atoms with Gasteiger partial charge in [0, 0.05) is 0 Å². The lowest BCUT2D eigenvalue weighted by Gasteiger charge is -1.96. The number of aromatic nitrogens is 1. The Bertz CT molecular complexity index is 469. The molecule has 0 atom stereocenters. The Labute approximate surface area is 80.4 Å². The van der Waals surface area contributed by atoms with Crippen LogP contribution in [0.25, 0.3) is 10.1 Å². The minimum absolute atomic E-state index is 0.0398. The van der Waals surface area contributed by atoms with Crippen molar-refractivity contribution in [1.29, 1.82) is 0 Å². The number of nitrogens with one attached hydrogen (secondary N) is 1. The molecule has 2 nitrogen and oxygen atoms in total. The summed E-state index contributed by atoms with van der Waals surface area (Å²) >= 11 is 1.40. The highest BCUT2D eigenvalue weighted by atomic mass is 32.1. The van der Waals surface area contributed by atoms with Gasteiger partial charge in [-0.15, -0.1) is 0 Å². The van der Waals surface area contributed by atoms with E-state index in [0.29, 0.717) is 0 Å². The van der Waals surface area contributed by atoms with Crippen LogP contribution < -0.4 is 5.56 Å². The van der Waals surface area contributed by atoms with Gasteiger partial charge < -0.3 is 0 Å². The van der Waals surface area contributed by atoms with E-state index < -0.39 is 0 Å². The topological polar surface area (TPSA) is 32.9 Å². The van der Waals surface area contributed by atoms with E-state index >= 15 is 0 Å². The van der Waals surface area contributed by atoms with Crippen LogP contribution in [0.15, 0.2) is 23.0 Å². The van der Waals surface area contributed by atoms with Crippen LogP contribution in [0.2, 0.25) is 0 Å². The summed E-state index contributed by atoms with van der Waals surface area (Å²) < 4.78 is 3.78. The van der Waals surface area contributed by atoms with Crippen molar-refractivity contribution in [3.63, 3.8) is 0 Å². The number of aromatic amines is 1. The molecule has 2 aromatic rings. The van der Waals surface area contributed by atoms with Gasteiger partial charge in [-0.25, -0.2) is 0 Å². The van der Waals surface area contributed by atoms with Gasteiger partial charge in [0.2, 0.25) is 0 Å². The summed E-state index contributed by atoms with van der Waals surface area (Å²) in [4.78, 5) is 11.3. The first kappa shape index (κ1) is 8.51. The first-order valence-corrected chi connectivity index (χ1v) is 5.23. The van der Waals surface area contributed by atoms with Crippen molar-refractivity contribution in [2.45, 2.75) is 19.8 Å². The first-order valence-electron chi connectivity index (χ1n) is 4.41. The van der Waals surface area contributed by atoms with Crippen molar-refractivity contribution in [3.8, 4) is 0 Å². The van der Waals surface area contributed by atoms with Gasteiger partial charge in [-0.3, -0.25) is 9.17 Å². The van der Waals surface area contributed by atoms with Gasteiger partial charge in [0.05, 0.1) is 10.1 Å². The first-order chi connectivity index (χ1) is 6.31. The van der Waals surface area contributed by atoms with Crippen molar-refractivity contribution in [2.75, 3.05) is 0 Å². The molecule has 1 aromatic heterocycles. The fraction of sp³-hybridized carbons (Fsp3) is 0.300. The van der Waals surface area contributed by atoms with Gasteiger partial charge in [0.15, 0.2) is 0 Å². The summed E-state index contributed by atoms with van der Waals surface area (Å²) in [5.41, 5.74) is 1.29. The Morgan fingerprint density at radius 2 is 2.31 bits per heavy atom. The molecule has 0 aliphatic heterocycles. The Kier molecular flexibility index (Phi) is 2.19. The molecule has 0 aliphatic rings. The van der Waals surface area contributed by atoms with Crippen LogP contribution in [0.3, 0.4) is 0 Å². The standard InChI is InChI=1S/C10H11NOS/c1-2-3-7-4-5-9-8(6-7)10(12)11-13-9/h4-6H,2-3H2,1H3,(H,11,12). The maximum Gasteiger partial charge on any atom is 0.265 e. The lowest BCUT2D eigenvalue weighted by molar-refractivity contribution is 0.924. The van der Waals surface area contributed by atoms with Gasteiger partial charge in [0.25, 0.3) is 5.56 Å². The van der Waals surface area contributed by atoms with Gasteiger partial charge >= 0.3 is 0 Å². The van der Waals surface area contributed by atoms with E-state index in [2.05, 4.69) is 17.4 Å². The average molecular weight is 193 g/mol. The maximum absolute atomic E-state index is 11.3. The zero-order chi connectivity index (χ0) is 9.26. The lowest BCUT2D eigenvalue weighted by atomic mass is 10.1. The van der Waals surface area contributed by atoms with Gasteiger partial charge in [0.1, 0.15) is 0 Å². The SMILES string of the molecule is CCCc1ccc2s[nH]c(=O)c2c1. The second kappa shape index (κ2) is 3.34. The Balaban J connectivity index is 2.59. The zero-order valence-corrected chi connectivity index (χ0v) is 8.28. The molecule has 1 heterocycles. The molecule has 3 heteroatoms. The minimum atomic E-state index is 0.0398. The van der Waals surface area contributed by atoms with Crippen LogP contribution in [-0.2, 0) is 6.42 Å². The molecule has 1 N–H and O–H groups in total. The highest BCUT2D eigenvalue weighted by Crippen LogP contribution is 2.16. The number of hydrogen-bond donors (Lipinski definition) is 1. The van der Waals surface area contributed by atoms with E-state index in [0.717, 1.165) is 22.9 Å². The summed E-state index contributed by atoms with van der Waals surface area (Å²) in [6.07, 6.45) is 2.17. The van der Waals surface area contributed by atoms with Crippen LogP contribution in [0.5, 0.6) is 0 Å². The predicted molar refractivity (Wildman–Crippen MR) is 56.4 cm³/mol. The van der Waals surface area contributed by atoms with Crippen LogP contribution in [0.1, 0.15) is 18.9 Å². The molecule has 0 aliphatic carbocycles. The molecule has 0 amide bonds. The zero-order valence-electron chi connectivity index (χ0n) is 7.46. The van der Waals surface area contributed by atoms with Gasteiger partial charge in [-0.1, -0.05) is 30.9 Å². The second-order valence-electron chi connectivity index (χ2n) is 3.11. The maximum atomic E-state index is 11.3. The summed E-state index contributed by atoms with van der Waals surface area (Å²) in [5.74, 6) is 0. The Hall–Kier alpha value is -1.09. The van der Waals surface area contributed by atoms with E-state index in [-0.39, 0.29) is 5.56 Å². The molecular formula is C10H11NOS. The molecule has 0 fully saturated rings. The van der Waals surface area contributed by atoms with Crippen LogP contribution in [-0.4, -0.2) is 4.37 Å². The number of benzene rings is 1. The predicted octanol–water partition coefficient (Wildman–Crippen LogP) is 2.54. The fourth-order valence-electron chi connectivity index (χ4n) is 1.44. The smallest absolute Gasteiger partial charge is 0.265 e. The molecule has 68 valence electrons. The summed E-state index contributed by atoms with van der Waals surface area (Å²) in [5, 5.41) is 0.830. The molecule has 1 aromatic carbocycles. The summed E-state index contributed by atoms with van der Waals surface area (Å²) in [6.45, 7) is 2.14. The molecule has 0 saturated carbocycles. The third-order valence-corrected chi connectivity index (χ3v) is 2.94. The quantitative estimate of drug-likeness (QED) is 0.781. The van der Waals surface area contributed by atoms with E-state index in [1.54, 1.807) is 0 Å². The fourth-order valence-corrected chi connectivity index (χ4v) is 2.15. The highest BCUT2D eigenvalue weighted by Gasteiger charge is 2.01. The van der Waals surface area contributed by atoms with Crippen molar-refractivity contribution in [3.05, 3.63) is 34.1 Å². The second-order valence-corrected chi connectivity index (χ2v) is 3.96. The molecule has 0 saturated heterocycles. The molecular weight excluding hydrogens is 182 g/mol. The van der Waals surface area contributed by atoms with Gasteiger partial charge in [-0.2, -0.15) is 0 Å². The van der Waals surface area contributed by atoms with Crippen LogP contribution >= 0.6 is 11.5 Å². The van der Waals surface area contributed by atoms with E-state index in [1.807, 2.05) is 12.1 Å². The molecule has 13 heavy (non-hydrogen) atoms. The van der Waals surface area contributed by atoms with Crippen molar-refractivity contribution >= 4 is 21.6 Å². The van der Waals surface area contributed by atoms with Gasteiger partial charge in [-0.05, 0) is 24.1 Å². The monoisotopic (exact) mass is 193 g/mol. The average Bonchev–Trinajstić information content (AvgIpc) is 2.49. The number of hydrogen-bond acceptors (Lipinski definition) is 2. The Morgan fingerprint density at radius 3 is 3.08 bits per heavy atom. The minimum Gasteiger partial charge on any atom is -0.277 e. The normalized spacial score (nSPS) is 10.8. The van der Waals surface area contributed by atoms with Crippen molar-refractivity contribution < 1.29 is 0 Å². The molecule has 0 unspecified atom stereocenters. The number of fused-ring (bicyclic) bond motifs is 1. The van der Waals surface area contributed by atoms with Crippen molar-refractivity contribution in [2.24, 2.45) is 0 Å². The lowest BCUT2D eigenvalue weighted by Crippen LogP contribution is -1.96. The molecule has 0 bridgehead atoms. The summed E-state index contributed by atoms with van der Waals surface area (Å²) in [7, 11) is 0. The Morgan fingerprint density at radius 1 is 1.46 bits per heavy atom. The third kappa shape index (κ3) is 1.52.